The lowest BCUT2D eigenvalue weighted by Crippen LogP contribution is -2.51. The maximum absolute atomic E-state index is 13.8. The van der Waals surface area contributed by atoms with Gasteiger partial charge in [-0.15, -0.1) is 0 Å². The van der Waals surface area contributed by atoms with Crippen molar-refractivity contribution in [2.45, 2.75) is 25.4 Å². The van der Waals surface area contributed by atoms with Crippen LogP contribution in [0.2, 0.25) is 5.02 Å². The van der Waals surface area contributed by atoms with Crippen LogP contribution in [-0.2, 0) is 11.2 Å². The van der Waals surface area contributed by atoms with Crippen LogP contribution in [0.25, 0.3) is 0 Å². The van der Waals surface area contributed by atoms with Gasteiger partial charge in [0.25, 0.3) is 0 Å². The number of piperazine rings is 1. The van der Waals surface area contributed by atoms with E-state index < -0.39 is 5.82 Å². The number of amides is 1. The molecule has 1 heterocycles. The third-order valence-electron chi connectivity index (χ3n) is 4.73. The summed E-state index contributed by atoms with van der Waals surface area (Å²) in [7, 11) is 0. The van der Waals surface area contributed by atoms with E-state index in [4.69, 9.17) is 11.6 Å². The second-order valence-corrected chi connectivity index (χ2v) is 6.87. The normalized spacial score (nSPS) is 20.6. The summed E-state index contributed by atoms with van der Waals surface area (Å²) >= 11 is 5.98. The molecule has 2 aliphatic rings. The lowest BCUT2D eigenvalue weighted by molar-refractivity contribution is -0.132. The standard InChI is InChI=1S/C17H22ClFN2O2/c18-14-2-1-3-15(19)13(14)10-17(23)21-8-6-20(7-9-21)11-16(22)12-4-5-12/h1-3,12,16,22H,4-11H2/t16-/m0/s1. The van der Waals surface area contributed by atoms with E-state index in [1.807, 2.05) is 0 Å². The van der Waals surface area contributed by atoms with Crippen molar-refractivity contribution in [1.82, 2.24) is 9.80 Å². The zero-order chi connectivity index (χ0) is 16.4. The number of hydrogen-bond donors (Lipinski definition) is 1. The minimum Gasteiger partial charge on any atom is -0.392 e. The second kappa shape index (κ2) is 7.16. The van der Waals surface area contributed by atoms with Gasteiger partial charge in [-0.25, -0.2) is 4.39 Å². The van der Waals surface area contributed by atoms with E-state index in [9.17, 15) is 14.3 Å². The molecule has 6 heteroatoms. The molecule has 1 aromatic rings. The number of benzene rings is 1. The van der Waals surface area contributed by atoms with Crippen molar-refractivity contribution in [2.75, 3.05) is 32.7 Å². The zero-order valence-corrected chi connectivity index (χ0v) is 13.8. The lowest BCUT2D eigenvalue weighted by Gasteiger charge is -2.35. The molecule has 1 amide bonds. The van der Waals surface area contributed by atoms with Crippen molar-refractivity contribution in [3.05, 3.63) is 34.6 Å². The van der Waals surface area contributed by atoms with Crippen LogP contribution < -0.4 is 0 Å². The maximum Gasteiger partial charge on any atom is 0.227 e. The summed E-state index contributed by atoms with van der Waals surface area (Å²) in [5.74, 6) is -0.0608. The van der Waals surface area contributed by atoms with Gasteiger partial charge in [0.2, 0.25) is 5.91 Å². The Balaban J connectivity index is 1.50. The molecule has 0 aromatic heterocycles. The van der Waals surface area contributed by atoms with Crippen molar-refractivity contribution in [3.63, 3.8) is 0 Å². The van der Waals surface area contributed by atoms with Gasteiger partial charge in [0, 0.05) is 43.3 Å². The fourth-order valence-corrected chi connectivity index (χ4v) is 3.27. The minimum atomic E-state index is -0.433. The predicted molar refractivity (Wildman–Crippen MR) is 86.9 cm³/mol. The summed E-state index contributed by atoms with van der Waals surface area (Å²) in [4.78, 5) is 16.3. The molecule has 1 atom stereocenters. The van der Waals surface area contributed by atoms with Crippen LogP contribution >= 0.6 is 11.6 Å². The van der Waals surface area contributed by atoms with E-state index in [2.05, 4.69) is 4.90 Å². The highest BCUT2D eigenvalue weighted by Gasteiger charge is 2.32. The van der Waals surface area contributed by atoms with Crippen molar-refractivity contribution < 1.29 is 14.3 Å². The predicted octanol–water partition coefficient (Wildman–Crippen LogP) is 1.94. The summed E-state index contributed by atoms with van der Waals surface area (Å²) in [6.45, 7) is 3.41. The van der Waals surface area contributed by atoms with Crippen LogP contribution in [0, 0.1) is 11.7 Å². The highest BCUT2D eigenvalue weighted by molar-refractivity contribution is 6.31. The first-order valence-corrected chi connectivity index (χ1v) is 8.53. The fraction of sp³-hybridized carbons (Fsp3) is 0.588. The average Bonchev–Trinajstić information content (AvgIpc) is 3.36. The molecule has 0 radical (unpaired) electrons. The largest absolute Gasteiger partial charge is 0.392 e. The molecule has 3 rings (SSSR count). The molecule has 4 nitrogen and oxygen atoms in total. The van der Waals surface area contributed by atoms with Gasteiger partial charge in [-0.3, -0.25) is 9.69 Å². The van der Waals surface area contributed by atoms with E-state index in [1.165, 1.54) is 12.1 Å². The molecule has 126 valence electrons. The number of β-amino-alcohol motifs (C(OH)–C–C–N with tert-alkyl or cyclic N) is 1. The van der Waals surface area contributed by atoms with Crippen molar-refractivity contribution in [1.29, 1.82) is 0 Å². The van der Waals surface area contributed by atoms with Gasteiger partial charge in [-0.05, 0) is 30.9 Å². The maximum atomic E-state index is 13.8. The first-order valence-electron chi connectivity index (χ1n) is 8.15. The topological polar surface area (TPSA) is 43.8 Å². The van der Waals surface area contributed by atoms with Crippen LogP contribution in [0.5, 0.6) is 0 Å². The third-order valence-corrected chi connectivity index (χ3v) is 5.08. The first-order chi connectivity index (χ1) is 11.0. The van der Waals surface area contributed by atoms with Gasteiger partial charge in [0.1, 0.15) is 5.82 Å². The van der Waals surface area contributed by atoms with Crippen LogP contribution in [0.15, 0.2) is 18.2 Å². The van der Waals surface area contributed by atoms with Gasteiger partial charge in [0.05, 0.1) is 12.5 Å². The van der Waals surface area contributed by atoms with Crippen LogP contribution in [0.1, 0.15) is 18.4 Å². The molecule has 2 fully saturated rings. The van der Waals surface area contributed by atoms with E-state index >= 15 is 0 Å². The highest BCUT2D eigenvalue weighted by atomic mass is 35.5. The zero-order valence-electron chi connectivity index (χ0n) is 13.0. The Morgan fingerprint density at radius 1 is 1.30 bits per heavy atom. The molecule has 1 aliphatic carbocycles. The van der Waals surface area contributed by atoms with Crippen LogP contribution in [0.3, 0.4) is 0 Å². The van der Waals surface area contributed by atoms with Gasteiger partial charge in [0.15, 0.2) is 0 Å². The number of halogens is 2. The molecule has 1 aromatic carbocycles. The summed E-state index contributed by atoms with van der Waals surface area (Å²) in [6.07, 6.45) is 2.01. The molecule has 0 unspecified atom stereocenters. The Kier molecular flexibility index (Phi) is 5.19. The molecule has 1 N–H and O–H groups in total. The Morgan fingerprint density at radius 3 is 2.61 bits per heavy atom. The van der Waals surface area contributed by atoms with Gasteiger partial charge < -0.3 is 10.0 Å². The van der Waals surface area contributed by atoms with Crippen molar-refractivity contribution in [3.8, 4) is 0 Å². The number of aliphatic hydroxyl groups excluding tert-OH is 1. The summed E-state index contributed by atoms with van der Waals surface area (Å²) in [6, 6.07) is 4.46. The number of nitrogens with zero attached hydrogens (tertiary/aromatic N) is 2. The van der Waals surface area contributed by atoms with E-state index in [0.717, 1.165) is 25.9 Å². The van der Waals surface area contributed by atoms with E-state index in [1.54, 1.807) is 11.0 Å². The SMILES string of the molecule is O=C(Cc1c(F)cccc1Cl)N1CCN(C[C@H](O)C2CC2)CC1. The Labute approximate surface area is 140 Å². The smallest absolute Gasteiger partial charge is 0.227 e. The molecule has 1 saturated heterocycles. The van der Waals surface area contributed by atoms with Crippen LogP contribution in [-0.4, -0.2) is 59.6 Å². The molecule has 0 bridgehead atoms. The van der Waals surface area contributed by atoms with Gasteiger partial charge >= 0.3 is 0 Å². The molecular formula is C17H22ClFN2O2. The minimum absolute atomic E-state index is 0.00376. The fourth-order valence-electron chi connectivity index (χ4n) is 3.04. The van der Waals surface area contributed by atoms with E-state index in [-0.39, 0.29) is 24.0 Å². The Morgan fingerprint density at radius 2 is 2.00 bits per heavy atom. The Hall–Kier alpha value is -1.17. The average molecular weight is 341 g/mol. The number of rotatable bonds is 5. The van der Waals surface area contributed by atoms with Gasteiger partial charge in [-0.2, -0.15) is 0 Å². The second-order valence-electron chi connectivity index (χ2n) is 6.46. The Bertz CT molecular complexity index is 551. The lowest BCUT2D eigenvalue weighted by atomic mass is 10.1. The molecular weight excluding hydrogens is 319 g/mol. The highest BCUT2D eigenvalue weighted by Crippen LogP contribution is 2.33. The quantitative estimate of drug-likeness (QED) is 0.891. The molecule has 23 heavy (non-hydrogen) atoms. The number of carbonyl (C=O) groups excluding carboxylic acids is 1. The molecule has 1 saturated carbocycles. The van der Waals surface area contributed by atoms with Crippen molar-refractivity contribution >= 4 is 17.5 Å². The number of carbonyl (C=O) groups is 1. The van der Waals surface area contributed by atoms with E-state index in [0.29, 0.717) is 30.6 Å². The molecule has 0 spiro atoms. The molecule has 1 aliphatic heterocycles. The van der Waals surface area contributed by atoms with Crippen LogP contribution in [0.4, 0.5) is 4.39 Å². The first kappa shape index (κ1) is 16.7. The summed E-state index contributed by atoms with van der Waals surface area (Å²) in [5, 5.41) is 10.3. The number of aliphatic hydroxyl groups is 1. The summed E-state index contributed by atoms with van der Waals surface area (Å²) in [5.41, 5.74) is 0.269. The number of hydrogen-bond acceptors (Lipinski definition) is 3. The third kappa shape index (κ3) is 4.22. The monoisotopic (exact) mass is 340 g/mol. The summed E-state index contributed by atoms with van der Waals surface area (Å²) < 4.78 is 13.8. The van der Waals surface area contributed by atoms with Gasteiger partial charge in [-0.1, -0.05) is 17.7 Å². The van der Waals surface area contributed by atoms with Crippen molar-refractivity contribution in [2.24, 2.45) is 5.92 Å².